The standard InChI is InChI=1S/C125H125N9O5/c1-3-5-7-9-11-13-15-17-18-20-22-24-26-28-48-62-114(135)134-123(139-125(137)96-69-65-94(66-70-96)122-111-85-81-107(132-111)119(91-57-43-33-44-58-91)103-77-73-99(128-103)116(88-51-37-30-38-52-88)100-74-78-104(129-100)120(92-59-45-34-46-60-92)108-82-86-112(122)133-108)113(61-47-27-25-23-21-19-16-14-12-10-8-6-4-2)138-124(136)95-67-63-93(64-68-95)121-109-83-79-105(130-109)117(89-53-39-31-40-54-89)101-75-71-97(126-101)115(87-49-35-29-36-50-87)98-72-76-102(127-98)118(90-55-41-32-42-56-90)106-80-84-110(121)131-106/h29-47,49-61,63-86,113,123,126,128,131,133H,3-28,48,62H2,1-2H3,(H,134,135)/b61-47-,115-97?,115-98?,116-99?,116-100?,117-101?,117-105?,118-102?,118-106?,119-103?,119-107?,120-104?,120-108?,121-109?,121-110?,122-111?,122-112?/t113-,123-/m1/s1. The van der Waals surface area contributed by atoms with Crippen LogP contribution in [0.25, 0.3) is 182 Å². The maximum absolute atomic E-state index is 15.5. The van der Waals surface area contributed by atoms with Crippen LogP contribution in [0.1, 0.15) is 260 Å². The van der Waals surface area contributed by atoms with Crippen LogP contribution in [0.3, 0.4) is 0 Å². The number of aromatic nitrogens is 8. The molecule has 139 heavy (non-hydrogen) atoms. The first-order valence-electron chi connectivity index (χ1n) is 50.9. The SMILES string of the molecule is CCCCCCCCCCCCC/C=C\[C@@H](OC(=O)c1ccc(-c2c3nc(c(-c4ccccc4)c4ccc([nH]4)c(-c4ccccc4)c4nc(c(-c5ccccc5)c5ccc2[nH]5)C=C4)C=C3)cc1)[C@H](NC(=O)CCCCCCCCCCCCCCCCC)OC(=O)c1ccc(-c2c3nc(c(-c4ccccc4)c4ccc([nH]4)c(-c4ccccc4)c4nc(c(-c5ccccc5)c5ccc2[nH]5)C=C4)C=C3)cc1. The number of carbonyl (C=O) groups is 3. The van der Waals surface area contributed by atoms with E-state index in [-0.39, 0.29) is 23.5 Å². The van der Waals surface area contributed by atoms with Gasteiger partial charge in [0, 0.05) is 95.1 Å². The van der Waals surface area contributed by atoms with E-state index in [2.05, 4.69) is 258 Å². The Morgan fingerprint density at radius 1 is 0.259 bits per heavy atom. The maximum atomic E-state index is 15.5. The van der Waals surface area contributed by atoms with E-state index in [9.17, 15) is 4.79 Å². The first kappa shape index (κ1) is 94.5. The number of H-pyrrole nitrogens is 4. The molecule has 14 heteroatoms. The fourth-order valence-corrected chi connectivity index (χ4v) is 19.8. The Morgan fingerprint density at radius 3 is 0.719 bits per heavy atom. The molecule has 1 amide bonds. The van der Waals surface area contributed by atoms with E-state index in [1.807, 2.05) is 91.0 Å². The second-order valence-electron chi connectivity index (χ2n) is 37.1. The molecule has 700 valence electrons. The summed E-state index contributed by atoms with van der Waals surface area (Å²) in [4.78, 5) is 83.6. The molecule has 0 aliphatic carbocycles. The number of hydrogen-bond donors (Lipinski definition) is 5. The van der Waals surface area contributed by atoms with Crippen molar-refractivity contribution in [3.05, 3.63) is 348 Å². The lowest BCUT2D eigenvalue weighted by molar-refractivity contribution is -0.126. The van der Waals surface area contributed by atoms with E-state index in [0.29, 0.717) is 24.2 Å². The van der Waals surface area contributed by atoms with Crippen molar-refractivity contribution in [2.45, 2.75) is 206 Å². The summed E-state index contributed by atoms with van der Waals surface area (Å²) < 4.78 is 13.4. The number of ether oxygens (including phenoxy) is 2. The molecule has 0 fully saturated rings. The second kappa shape index (κ2) is 47.2. The number of rotatable bonds is 43. The van der Waals surface area contributed by atoms with Gasteiger partial charge < -0.3 is 34.7 Å². The van der Waals surface area contributed by atoms with Crippen molar-refractivity contribution < 1.29 is 23.9 Å². The van der Waals surface area contributed by atoms with Crippen LogP contribution in [0.2, 0.25) is 0 Å². The fraction of sp³-hybridized carbons (Fsp3) is 0.256. The molecular formula is C125H125N9O5. The molecular weight excluding hydrogens is 1710 g/mol. The van der Waals surface area contributed by atoms with Gasteiger partial charge >= 0.3 is 11.9 Å². The summed E-state index contributed by atoms with van der Waals surface area (Å²) in [5.41, 5.74) is 28.2. The van der Waals surface area contributed by atoms with Crippen molar-refractivity contribution in [1.82, 2.24) is 45.2 Å². The number of aromatic amines is 4. The number of nitrogens with zero attached hydrogens (tertiary/aromatic N) is 4. The minimum atomic E-state index is -1.45. The normalized spacial score (nSPS) is 12.5. The Morgan fingerprint density at radius 2 is 0.475 bits per heavy atom. The van der Waals surface area contributed by atoms with Crippen LogP contribution in [0.5, 0.6) is 0 Å². The summed E-state index contributed by atoms with van der Waals surface area (Å²) in [6.07, 6.45) is 49.7. The Labute approximate surface area is 817 Å². The van der Waals surface area contributed by atoms with Gasteiger partial charge in [-0.05, 0) is 191 Å². The molecule has 18 rings (SSSR count). The smallest absolute Gasteiger partial charge is 0.340 e. The second-order valence-corrected chi connectivity index (χ2v) is 37.1. The lowest BCUT2D eigenvalue weighted by atomic mass is 10.0. The van der Waals surface area contributed by atoms with Gasteiger partial charge in [-0.2, -0.15) is 0 Å². The highest BCUT2D eigenvalue weighted by Crippen LogP contribution is 2.43. The number of hydrogen-bond acceptors (Lipinski definition) is 9. The number of fused-ring (bicyclic) bond motifs is 16. The van der Waals surface area contributed by atoms with Crippen molar-refractivity contribution in [1.29, 1.82) is 0 Å². The summed E-state index contributed by atoms with van der Waals surface area (Å²) in [5, 5.41) is 3.15. The number of nitrogens with one attached hydrogen (secondary N) is 5. The predicted molar refractivity (Wildman–Crippen MR) is 578 cm³/mol. The molecule has 0 radical (unpaired) electrons. The largest absolute Gasteiger partial charge is 0.448 e. The molecule has 0 saturated heterocycles. The van der Waals surface area contributed by atoms with E-state index in [1.165, 1.54) is 122 Å². The molecule has 5 N–H and O–H groups in total. The van der Waals surface area contributed by atoms with Crippen LogP contribution in [0.15, 0.2) is 291 Å². The third-order valence-electron chi connectivity index (χ3n) is 27.1. The summed E-state index contributed by atoms with van der Waals surface area (Å²) in [7, 11) is 0. The van der Waals surface area contributed by atoms with E-state index >= 15 is 9.59 Å². The molecule has 16 bridgehead atoms. The average Bonchev–Trinajstić information content (AvgIpc) is 1.62. The van der Waals surface area contributed by atoms with Gasteiger partial charge in [0.05, 0.1) is 56.7 Å². The molecule has 0 spiro atoms. The number of carbonyl (C=O) groups excluding carboxylic acids is 3. The van der Waals surface area contributed by atoms with Gasteiger partial charge in [-0.25, -0.2) is 29.5 Å². The van der Waals surface area contributed by atoms with Gasteiger partial charge in [0.2, 0.25) is 12.1 Å². The lowest BCUT2D eigenvalue weighted by Crippen LogP contribution is -2.47. The third-order valence-corrected chi connectivity index (χ3v) is 27.1. The zero-order valence-corrected chi connectivity index (χ0v) is 80.1. The molecule has 8 aromatic carbocycles. The highest BCUT2D eigenvalue weighted by molar-refractivity contribution is 6.04. The summed E-state index contributed by atoms with van der Waals surface area (Å²) in [6.45, 7) is 4.54. The highest BCUT2D eigenvalue weighted by atomic mass is 16.6. The fourth-order valence-electron chi connectivity index (χ4n) is 19.8. The molecule has 0 saturated carbocycles. The Hall–Kier alpha value is -14.9. The number of benzene rings is 8. The minimum Gasteiger partial charge on any atom is -0.448 e. The quantitative estimate of drug-likeness (QED) is 0.0107. The first-order chi connectivity index (χ1) is 68.6. The number of amides is 1. The molecule has 10 heterocycles. The molecule has 14 aromatic rings. The molecule has 2 atom stereocenters. The van der Waals surface area contributed by atoms with Crippen LogP contribution in [0, 0.1) is 0 Å². The van der Waals surface area contributed by atoms with Gasteiger partial charge in [-0.1, -0.05) is 380 Å². The van der Waals surface area contributed by atoms with Crippen molar-refractivity contribution in [2.75, 3.05) is 0 Å². The zero-order chi connectivity index (χ0) is 94.7. The Bertz CT molecular complexity index is 7030. The summed E-state index contributed by atoms with van der Waals surface area (Å²) >= 11 is 0. The zero-order valence-electron chi connectivity index (χ0n) is 80.1. The van der Waals surface area contributed by atoms with E-state index in [4.69, 9.17) is 29.4 Å². The van der Waals surface area contributed by atoms with E-state index < -0.39 is 24.3 Å². The van der Waals surface area contributed by atoms with E-state index in [1.54, 1.807) is 30.3 Å². The monoisotopic (exact) mass is 1830 g/mol. The van der Waals surface area contributed by atoms with Crippen molar-refractivity contribution in [3.63, 3.8) is 0 Å². The molecule has 4 aliphatic heterocycles. The first-order valence-corrected chi connectivity index (χ1v) is 50.9. The van der Waals surface area contributed by atoms with E-state index in [0.717, 1.165) is 206 Å². The van der Waals surface area contributed by atoms with Crippen LogP contribution in [-0.4, -0.2) is 70.0 Å². The summed E-state index contributed by atoms with van der Waals surface area (Å²) in [5.74, 6) is -1.70. The number of unbranched alkanes of at least 4 members (excludes halogenated alkanes) is 25. The van der Waals surface area contributed by atoms with Gasteiger partial charge in [0.1, 0.15) is 0 Å². The number of allylic oxidation sites excluding steroid dienone is 1. The Balaban J connectivity index is 0.696. The third kappa shape index (κ3) is 23.5. The van der Waals surface area contributed by atoms with Crippen LogP contribution in [-0.2, 0) is 14.3 Å². The lowest BCUT2D eigenvalue weighted by Gasteiger charge is -2.26. The number of esters is 2. The van der Waals surface area contributed by atoms with Gasteiger partial charge in [0.25, 0.3) is 0 Å². The molecule has 4 aliphatic rings. The van der Waals surface area contributed by atoms with Crippen molar-refractivity contribution in [3.8, 4) is 89.0 Å². The van der Waals surface area contributed by atoms with Crippen molar-refractivity contribution >= 4 is 111 Å². The van der Waals surface area contributed by atoms with Crippen molar-refractivity contribution in [2.24, 2.45) is 0 Å². The van der Waals surface area contributed by atoms with Crippen LogP contribution < -0.4 is 5.32 Å². The maximum Gasteiger partial charge on any atom is 0.340 e. The predicted octanol–water partition coefficient (Wildman–Crippen LogP) is 33.3. The minimum absolute atomic E-state index is 0.187. The van der Waals surface area contributed by atoms with Crippen LogP contribution in [0.4, 0.5) is 0 Å². The average molecular weight is 1830 g/mol. The van der Waals surface area contributed by atoms with Crippen LogP contribution >= 0.6 is 0 Å². The molecule has 14 nitrogen and oxygen atoms in total. The highest BCUT2D eigenvalue weighted by Gasteiger charge is 2.32. The van der Waals surface area contributed by atoms with Gasteiger partial charge in [-0.15, -0.1) is 0 Å². The Kier molecular flexibility index (Phi) is 32.1. The van der Waals surface area contributed by atoms with Gasteiger partial charge in [-0.3, -0.25) is 4.79 Å². The van der Waals surface area contributed by atoms with Gasteiger partial charge in [0.15, 0.2) is 6.10 Å². The summed E-state index contributed by atoms with van der Waals surface area (Å²) in [6, 6.07) is 94.0. The molecule has 0 unspecified atom stereocenters. The molecule has 6 aromatic heterocycles. The topological polar surface area (TPSA) is 196 Å².